The van der Waals surface area contributed by atoms with E-state index in [4.69, 9.17) is 11.6 Å². The fourth-order valence-electron chi connectivity index (χ4n) is 2.10. The summed E-state index contributed by atoms with van der Waals surface area (Å²) in [5, 5.41) is 0. The Morgan fingerprint density at radius 3 is 2.00 bits per heavy atom. The smallest absolute Gasteiger partial charge is 0.411 e. The van der Waals surface area contributed by atoms with Crippen LogP contribution in [-0.4, -0.2) is 18.0 Å². The molecule has 0 unspecified atom stereocenters. The average molecular weight is 324 g/mol. The Morgan fingerprint density at radius 2 is 1.64 bits per heavy atom. The zero-order chi connectivity index (χ0) is 17.1. The van der Waals surface area contributed by atoms with Crippen molar-refractivity contribution in [3.05, 3.63) is 46.8 Å². The Kier molecular flexibility index (Phi) is 5.45. The van der Waals surface area contributed by atoms with Crippen molar-refractivity contribution in [2.45, 2.75) is 32.6 Å². The number of nitrogens with zero attached hydrogens (tertiary/aromatic N) is 2. The van der Waals surface area contributed by atoms with Crippen LogP contribution in [0.15, 0.2) is 29.3 Å². The highest BCUT2D eigenvalue weighted by atomic mass is 32.2. The molecule has 0 radical (unpaired) electrons. The molecule has 0 aliphatic rings. The van der Waals surface area contributed by atoms with Crippen LogP contribution >= 0.6 is 0 Å². The first-order chi connectivity index (χ1) is 10.0. The maximum atomic E-state index is 10.8. The summed E-state index contributed by atoms with van der Waals surface area (Å²) in [5.41, 5.74) is 8.22. The molecular weight excluding hydrogens is 304 g/mol. The van der Waals surface area contributed by atoms with E-state index in [9.17, 15) is 13.0 Å². The van der Waals surface area contributed by atoms with Crippen LogP contribution in [-0.2, 0) is 10.1 Å². The van der Waals surface area contributed by atoms with Gasteiger partial charge in [0.1, 0.15) is 15.8 Å². The molecule has 0 aliphatic heterocycles. The highest BCUT2D eigenvalue weighted by Gasteiger charge is 2.09. The zero-order valence-corrected chi connectivity index (χ0v) is 13.8. The SMILES string of the molecule is Cc1cc(C)c(S(=O)(=O)[O-])c(C)c1.Cc1cc[n+](N)c(N)n1. The monoisotopic (exact) mass is 324 g/mol. The van der Waals surface area contributed by atoms with Gasteiger partial charge in [-0.1, -0.05) is 22.7 Å². The number of nitrogens with two attached hydrogens (primary N) is 2. The van der Waals surface area contributed by atoms with E-state index in [1.807, 2.05) is 13.8 Å². The summed E-state index contributed by atoms with van der Waals surface area (Å²) in [7, 11) is -4.33. The minimum atomic E-state index is -4.33. The van der Waals surface area contributed by atoms with Crippen LogP contribution in [0.3, 0.4) is 0 Å². The highest BCUT2D eigenvalue weighted by molar-refractivity contribution is 7.85. The first-order valence-corrected chi connectivity index (χ1v) is 7.86. The van der Waals surface area contributed by atoms with Gasteiger partial charge < -0.3 is 4.55 Å². The summed E-state index contributed by atoms with van der Waals surface area (Å²) < 4.78 is 33.8. The van der Waals surface area contributed by atoms with Gasteiger partial charge in [-0.25, -0.2) is 8.42 Å². The molecule has 0 saturated carbocycles. The summed E-state index contributed by atoms with van der Waals surface area (Å²) in [6.45, 7) is 6.98. The molecule has 2 rings (SSSR count). The van der Waals surface area contributed by atoms with Crippen LogP contribution < -0.4 is 16.3 Å². The minimum Gasteiger partial charge on any atom is -0.744 e. The second-order valence-electron chi connectivity index (χ2n) is 5.02. The molecule has 0 fully saturated rings. The Balaban J connectivity index is 0.000000235. The van der Waals surface area contributed by atoms with Crippen molar-refractivity contribution in [1.82, 2.24) is 4.98 Å². The lowest BCUT2D eigenvalue weighted by Crippen LogP contribution is -2.47. The Labute approximate surface area is 130 Å². The van der Waals surface area contributed by atoms with Crippen LogP contribution in [0.4, 0.5) is 5.95 Å². The largest absolute Gasteiger partial charge is 0.744 e. The van der Waals surface area contributed by atoms with E-state index in [0.717, 1.165) is 11.3 Å². The maximum absolute atomic E-state index is 10.8. The maximum Gasteiger partial charge on any atom is 0.411 e. The van der Waals surface area contributed by atoms with E-state index in [1.165, 1.54) is 4.68 Å². The van der Waals surface area contributed by atoms with Crippen LogP contribution in [0.5, 0.6) is 0 Å². The van der Waals surface area contributed by atoms with E-state index in [0.29, 0.717) is 17.1 Å². The number of benzene rings is 1. The molecule has 4 N–H and O–H groups in total. The predicted molar refractivity (Wildman–Crippen MR) is 82.3 cm³/mol. The van der Waals surface area contributed by atoms with Crippen LogP contribution in [0.1, 0.15) is 22.4 Å². The molecule has 0 aliphatic carbocycles. The van der Waals surface area contributed by atoms with E-state index < -0.39 is 10.1 Å². The van der Waals surface area contributed by atoms with E-state index in [2.05, 4.69) is 4.98 Å². The molecule has 0 atom stereocenters. The van der Waals surface area contributed by atoms with Gasteiger partial charge in [0, 0.05) is 6.07 Å². The fraction of sp³-hybridized carbons (Fsp3) is 0.286. The third-order valence-electron chi connectivity index (χ3n) is 2.89. The number of aryl methyl sites for hydroxylation is 4. The number of hydrogen-bond donors (Lipinski definition) is 2. The van der Waals surface area contributed by atoms with Gasteiger partial charge >= 0.3 is 5.95 Å². The topological polar surface area (TPSA) is 126 Å². The van der Waals surface area contributed by atoms with Gasteiger partial charge in [-0.05, 0) is 38.8 Å². The first-order valence-electron chi connectivity index (χ1n) is 6.46. The lowest BCUT2D eigenvalue weighted by Gasteiger charge is -2.14. The zero-order valence-electron chi connectivity index (χ0n) is 13.0. The van der Waals surface area contributed by atoms with Crippen molar-refractivity contribution >= 4 is 16.1 Å². The van der Waals surface area contributed by atoms with Crippen LogP contribution in [0, 0.1) is 27.7 Å². The molecule has 0 spiro atoms. The van der Waals surface area contributed by atoms with E-state index >= 15 is 0 Å². The number of anilines is 1. The third-order valence-corrected chi connectivity index (χ3v) is 4.03. The van der Waals surface area contributed by atoms with Gasteiger partial charge in [0.2, 0.25) is 0 Å². The first kappa shape index (κ1) is 17.9. The lowest BCUT2D eigenvalue weighted by atomic mass is 10.1. The normalized spacial score (nSPS) is 10.8. The summed E-state index contributed by atoms with van der Waals surface area (Å²) in [5.74, 6) is 5.65. The molecule has 0 saturated heterocycles. The molecule has 120 valence electrons. The molecule has 1 aromatic carbocycles. The second kappa shape index (κ2) is 6.71. The summed E-state index contributed by atoms with van der Waals surface area (Å²) >= 11 is 0. The quantitative estimate of drug-likeness (QED) is 0.446. The van der Waals surface area contributed by atoms with Gasteiger partial charge in [-0.15, -0.1) is 4.68 Å². The van der Waals surface area contributed by atoms with Gasteiger partial charge in [-0.3, -0.25) is 11.6 Å². The van der Waals surface area contributed by atoms with E-state index in [1.54, 1.807) is 38.2 Å². The Morgan fingerprint density at radius 1 is 1.14 bits per heavy atom. The lowest BCUT2D eigenvalue weighted by molar-refractivity contribution is -0.626. The second-order valence-corrected chi connectivity index (χ2v) is 6.33. The fourth-order valence-corrected chi connectivity index (χ4v) is 3.01. The van der Waals surface area contributed by atoms with Crippen molar-refractivity contribution in [2.75, 3.05) is 11.6 Å². The number of rotatable bonds is 1. The number of hydrogen-bond acceptors (Lipinski definition) is 6. The van der Waals surface area contributed by atoms with Gasteiger partial charge in [0.15, 0.2) is 0 Å². The molecular formula is C14H20N4O3S. The van der Waals surface area contributed by atoms with Crippen LogP contribution in [0.2, 0.25) is 0 Å². The van der Waals surface area contributed by atoms with E-state index in [-0.39, 0.29) is 4.90 Å². The summed E-state index contributed by atoms with van der Waals surface area (Å²) in [6, 6.07) is 5.17. The molecule has 8 heteroatoms. The Bertz CT molecular complexity index is 766. The van der Waals surface area contributed by atoms with Gasteiger partial charge in [-0.2, -0.15) is 0 Å². The molecule has 1 aromatic heterocycles. The highest BCUT2D eigenvalue weighted by Crippen LogP contribution is 2.20. The van der Waals surface area contributed by atoms with Crippen molar-refractivity contribution < 1.29 is 17.6 Å². The van der Waals surface area contributed by atoms with Crippen molar-refractivity contribution in [2.24, 2.45) is 0 Å². The minimum absolute atomic E-state index is 0.0851. The van der Waals surface area contributed by atoms with Crippen molar-refractivity contribution in [1.29, 1.82) is 0 Å². The van der Waals surface area contributed by atoms with Crippen LogP contribution in [0.25, 0.3) is 0 Å². The molecule has 0 bridgehead atoms. The third kappa shape index (κ3) is 4.68. The van der Waals surface area contributed by atoms with Gasteiger partial charge in [0.25, 0.3) is 0 Å². The summed E-state index contributed by atoms with van der Waals surface area (Å²) in [4.78, 5) is 3.80. The Hall–Kier alpha value is -2.19. The van der Waals surface area contributed by atoms with Crippen molar-refractivity contribution in [3.63, 3.8) is 0 Å². The number of aromatic nitrogens is 2. The molecule has 2 aromatic rings. The van der Waals surface area contributed by atoms with Gasteiger partial charge in [0.05, 0.1) is 11.1 Å². The molecule has 1 heterocycles. The van der Waals surface area contributed by atoms with Crippen molar-refractivity contribution in [3.8, 4) is 0 Å². The average Bonchev–Trinajstić information content (AvgIpc) is 2.31. The standard InChI is InChI=1S/C9H12O3S.C5H8N4/c1-6-4-7(2)9(8(3)5-6)13(10,11)12;1-4-2-3-9(7)5(6)8-4/h4-5H,1-3H3,(H,10,11,12);2-3,6H,7H2,1H3. The molecule has 0 amide bonds. The predicted octanol–water partition coefficient (Wildman–Crippen LogP) is 0.489. The summed E-state index contributed by atoms with van der Waals surface area (Å²) in [6.07, 6.45) is 1.66. The number of nitrogen functional groups attached to an aromatic ring is 2. The molecule has 7 nitrogen and oxygen atoms in total. The molecule has 22 heavy (non-hydrogen) atoms.